The van der Waals surface area contributed by atoms with E-state index < -0.39 is 28.5 Å². The molecule has 1 aliphatic carbocycles. The van der Waals surface area contributed by atoms with Crippen LogP contribution in [0, 0.1) is 6.92 Å². The number of halogens is 1. The fourth-order valence-corrected chi connectivity index (χ4v) is 6.96. The number of rotatable bonds is 11. The van der Waals surface area contributed by atoms with Crippen molar-refractivity contribution in [3.63, 3.8) is 0 Å². The highest BCUT2D eigenvalue weighted by molar-refractivity contribution is 7.92. The van der Waals surface area contributed by atoms with Crippen molar-refractivity contribution < 1.29 is 18.0 Å². The molecule has 1 N–H and O–H groups in total. The molecule has 0 aliphatic heterocycles. The van der Waals surface area contributed by atoms with Crippen molar-refractivity contribution in [2.45, 2.75) is 75.9 Å². The smallest absolute Gasteiger partial charge is 0.264 e. The summed E-state index contributed by atoms with van der Waals surface area (Å²) in [6.45, 7) is 3.52. The van der Waals surface area contributed by atoms with Crippen molar-refractivity contribution in [3.05, 3.63) is 95.0 Å². The minimum atomic E-state index is -4.13. The molecule has 0 heterocycles. The van der Waals surface area contributed by atoms with Crippen LogP contribution >= 0.6 is 11.6 Å². The number of sulfonamides is 1. The molecule has 0 spiro atoms. The largest absolute Gasteiger partial charge is 0.352 e. The van der Waals surface area contributed by atoms with Crippen LogP contribution in [-0.2, 0) is 26.2 Å². The number of hydrogen-bond donors (Lipinski definition) is 1. The van der Waals surface area contributed by atoms with E-state index in [9.17, 15) is 18.0 Å². The quantitative estimate of drug-likeness (QED) is 0.290. The van der Waals surface area contributed by atoms with Gasteiger partial charge in [0.25, 0.3) is 10.0 Å². The molecule has 1 atom stereocenters. The minimum Gasteiger partial charge on any atom is -0.352 e. The van der Waals surface area contributed by atoms with Crippen molar-refractivity contribution >= 4 is 39.1 Å². The Bertz CT molecular complexity index is 1440. The van der Waals surface area contributed by atoms with Crippen LogP contribution in [-0.4, -0.2) is 43.8 Å². The third kappa shape index (κ3) is 7.89. The number of nitrogens with one attached hydrogen (secondary N) is 1. The third-order valence-electron chi connectivity index (χ3n) is 7.48. The topological polar surface area (TPSA) is 86.8 Å². The van der Waals surface area contributed by atoms with Crippen LogP contribution in [0.2, 0.25) is 5.02 Å². The first-order chi connectivity index (χ1) is 19.7. The van der Waals surface area contributed by atoms with Crippen LogP contribution in [0.5, 0.6) is 0 Å². The van der Waals surface area contributed by atoms with E-state index in [0.29, 0.717) is 11.4 Å². The zero-order valence-corrected chi connectivity index (χ0v) is 25.2. The second kappa shape index (κ2) is 14.0. The summed E-state index contributed by atoms with van der Waals surface area (Å²) < 4.78 is 28.8. The number of carbonyl (C=O) groups is 2. The standard InChI is InChI=1S/C32H38ClN3O4S/c1-3-30(32(38)34-27-15-6-4-7-16-27)35(22-25-13-10-12-24(2)20-25)31(37)23-36(28-17-11-14-26(33)21-28)41(39,40)29-18-8-5-9-19-29/h5,8-14,17-21,27,30H,3-4,6-7,15-16,22-23H2,1-2H3,(H,34,38)/t30-/m1/s1. The van der Waals surface area contributed by atoms with Gasteiger partial charge in [-0.15, -0.1) is 0 Å². The SMILES string of the molecule is CC[C@H](C(=O)NC1CCCCC1)N(Cc1cccc(C)c1)C(=O)CN(c1cccc(Cl)c1)S(=O)(=O)c1ccccc1. The molecule has 0 aromatic heterocycles. The van der Waals surface area contributed by atoms with E-state index in [1.807, 2.05) is 38.1 Å². The lowest BCUT2D eigenvalue weighted by atomic mass is 9.95. The Labute approximate surface area is 248 Å². The van der Waals surface area contributed by atoms with Crippen molar-refractivity contribution in [1.82, 2.24) is 10.2 Å². The second-order valence-corrected chi connectivity index (χ2v) is 12.9. The highest BCUT2D eigenvalue weighted by Crippen LogP contribution is 2.27. The first kappa shape index (κ1) is 30.6. The monoisotopic (exact) mass is 595 g/mol. The zero-order valence-electron chi connectivity index (χ0n) is 23.6. The number of carbonyl (C=O) groups excluding carboxylic acids is 2. The van der Waals surface area contributed by atoms with Gasteiger partial charge in [0.05, 0.1) is 10.6 Å². The summed E-state index contributed by atoms with van der Waals surface area (Å²) in [7, 11) is -4.13. The van der Waals surface area contributed by atoms with Crippen LogP contribution in [0.4, 0.5) is 5.69 Å². The molecule has 3 aromatic carbocycles. The van der Waals surface area contributed by atoms with Gasteiger partial charge in [-0.2, -0.15) is 0 Å². The highest BCUT2D eigenvalue weighted by Gasteiger charge is 2.34. The van der Waals surface area contributed by atoms with E-state index in [4.69, 9.17) is 11.6 Å². The maximum atomic E-state index is 14.2. The summed E-state index contributed by atoms with van der Waals surface area (Å²) in [5.74, 6) is -0.683. The molecule has 2 amide bonds. The molecule has 3 aromatic rings. The van der Waals surface area contributed by atoms with E-state index in [0.717, 1.165) is 47.5 Å². The lowest BCUT2D eigenvalue weighted by Crippen LogP contribution is -2.54. The van der Waals surface area contributed by atoms with Gasteiger partial charge in [0.1, 0.15) is 12.6 Å². The van der Waals surface area contributed by atoms with Gasteiger partial charge in [-0.1, -0.05) is 91.9 Å². The summed E-state index contributed by atoms with van der Waals surface area (Å²) in [6, 6.07) is 21.5. The van der Waals surface area contributed by atoms with Gasteiger partial charge in [0.2, 0.25) is 11.8 Å². The fraction of sp³-hybridized carbons (Fsp3) is 0.375. The Kier molecular flexibility index (Phi) is 10.5. The highest BCUT2D eigenvalue weighted by atomic mass is 35.5. The van der Waals surface area contributed by atoms with Crippen LogP contribution in [0.1, 0.15) is 56.6 Å². The molecular weight excluding hydrogens is 558 g/mol. The molecule has 1 aliphatic rings. The van der Waals surface area contributed by atoms with E-state index in [2.05, 4.69) is 5.32 Å². The van der Waals surface area contributed by atoms with Crippen molar-refractivity contribution in [3.8, 4) is 0 Å². The molecule has 218 valence electrons. The fourth-order valence-electron chi connectivity index (χ4n) is 5.35. The van der Waals surface area contributed by atoms with Crippen LogP contribution in [0.15, 0.2) is 83.8 Å². The summed E-state index contributed by atoms with van der Waals surface area (Å²) >= 11 is 6.24. The Hall–Kier alpha value is -3.36. The Morgan fingerprint density at radius 3 is 2.32 bits per heavy atom. The number of nitrogens with zero attached hydrogens (tertiary/aromatic N) is 2. The molecule has 0 radical (unpaired) electrons. The molecule has 0 bridgehead atoms. The van der Waals surface area contributed by atoms with Gasteiger partial charge < -0.3 is 10.2 Å². The maximum absolute atomic E-state index is 14.2. The van der Waals surface area contributed by atoms with Crippen molar-refractivity contribution in [2.24, 2.45) is 0 Å². The van der Waals surface area contributed by atoms with E-state index >= 15 is 0 Å². The summed E-state index contributed by atoms with van der Waals surface area (Å²) in [5, 5.41) is 3.51. The Balaban J connectivity index is 1.70. The number of benzene rings is 3. The Morgan fingerprint density at radius 2 is 1.66 bits per heavy atom. The van der Waals surface area contributed by atoms with Gasteiger partial charge in [0, 0.05) is 17.6 Å². The summed E-state index contributed by atoms with van der Waals surface area (Å²) in [6.07, 6.45) is 5.53. The number of amides is 2. The van der Waals surface area contributed by atoms with Crippen LogP contribution < -0.4 is 9.62 Å². The molecule has 7 nitrogen and oxygen atoms in total. The van der Waals surface area contributed by atoms with Crippen molar-refractivity contribution in [2.75, 3.05) is 10.8 Å². The molecule has 1 fully saturated rings. The van der Waals surface area contributed by atoms with Crippen LogP contribution in [0.25, 0.3) is 0 Å². The molecule has 0 saturated heterocycles. The molecule has 41 heavy (non-hydrogen) atoms. The Morgan fingerprint density at radius 1 is 0.951 bits per heavy atom. The summed E-state index contributed by atoms with van der Waals surface area (Å²) in [4.78, 5) is 29.4. The normalized spacial score (nSPS) is 14.7. The van der Waals surface area contributed by atoms with E-state index in [1.54, 1.807) is 36.4 Å². The number of anilines is 1. The average molecular weight is 596 g/mol. The van der Waals surface area contributed by atoms with Gasteiger partial charge in [-0.25, -0.2) is 8.42 Å². The van der Waals surface area contributed by atoms with Gasteiger partial charge in [-0.05, 0) is 62.1 Å². The lowest BCUT2D eigenvalue weighted by molar-refractivity contribution is -0.140. The zero-order chi connectivity index (χ0) is 29.4. The predicted octanol–water partition coefficient (Wildman–Crippen LogP) is 6.10. The third-order valence-corrected chi connectivity index (χ3v) is 9.50. The molecule has 0 unspecified atom stereocenters. The maximum Gasteiger partial charge on any atom is 0.264 e. The first-order valence-corrected chi connectivity index (χ1v) is 16.0. The molecule has 1 saturated carbocycles. The predicted molar refractivity (Wildman–Crippen MR) is 163 cm³/mol. The number of aryl methyl sites for hydroxylation is 1. The molecule has 9 heteroatoms. The van der Waals surface area contributed by atoms with Crippen LogP contribution in [0.3, 0.4) is 0 Å². The van der Waals surface area contributed by atoms with Gasteiger partial charge in [-0.3, -0.25) is 13.9 Å². The molecular formula is C32H38ClN3O4S. The average Bonchev–Trinajstić information content (AvgIpc) is 2.96. The molecule has 4 rings (SSSR count). The minimum absolute atomic E-state index is 0.0556. The lowest BCUT2D eigenvalue weighted by Gasteiger charge is -2.34. The number of hydrogen-bond acceptors (Lipinski definition) is 4. The first-order valence-electron chi connectivity index (χ1n) is 14.2. The van der Waals surface area contributed by atoms with E-state index in [1.165, 1.54) is 23.1 Å². The second-order valence-electron chi connectivity index (χ2n) is 10.6. The van der Waals surface area contributed by atoms with Gasteiger partial charge in [0.15, 0.2) is 0 Å². The van der Waals surface area contributed by atoms with E-state index in [-0.39, 0.29) is 29.1 Å². The van der Waals surface area contributed by atoms with Gasteiger partial charge >= 0.3 is 0 Å². The summed E-state index contributed by atoms with van der Waals surface area (Å²) in [5.41, 5.74) is 2.16. The van der Waals surface area contributed by atoms with Crippen molar-refractivity contribution in [1.29, 1.82) is 0 Å².